The molecule has 7 nitrogen and oxygen atoms in total. The van der Waals surface area contributed by atoms with Crippen molar-refractivity contribution in [2.75, 3.05) is 4.72 Å². The Kier molecular flexibility index (Phi) is 3.93. The molecular formula is C9H8Cl2N4O3S. The van der Waals surface area contributed by atoms with Gasteiger partial charge >= 0.3 is 0 Å². The maximum atomic E-state index is 11.9. The first-order valence-corrected chi connectivity index (χ1v) is 7.37. The van der Waals surface area contributed by atoms with Crippen LogP contribution in [0.25, 0.3) is 0 Å². The molecule has 0 amide bonds. The van der Waals surface area contributed by atoms with Crippen LogP contribution in [-0.4, -0.2) is 23.5 Å². The lowest BCUT2D eigenvalue weighted by Crippen LogP contribution is -2.16. The van der Waals surface area contributed by atoms with E-state index in [1.807, 2.05) is 0 Å². The molecule has 102 valence electrons. The van der Waals surface area contributed by atoms with Gasteiger partial charge in [0.25, 0.3) is 0 Å². The average molecular weight is 323 g/mol. The van der Waals surface area contributed by atoms with Crippen molar-refractivity contribution in [1.82, 2.24) is 15.1 Å². The molecule has 0 fully saturated rings. The van der Waals surface area contributed by atoms with Crippen molar-refractivity contribution < 1.29 is 12.9 Å². The van der Waals surface area contributed by atoms with Crippen molar-refractivity contribution in [3.63, 3.8) is 0 Å². The van der Waals surface area contributed by atoms with Crippen LogP contribution in [0.5, 0.6) is 0 Å². The molecule has 2 rings (SSSR count). The summed E-state index contributed by atoms with van der Waals surface area (Å²) >= 11 is 11.5. The van der Waals surface area contributed by atoms with Crippen LogP contribution < -0.4 is 4.72 Å². The topological polar surface area (TPSA) is 98.0 Å². The zero-order valence-corrected chi connectivity index (χ0v) is 11.9. The summed E-state index contributed by atoms with van der Waals surface area (Å²) in [6.07, 6.45) is 1.13. The average Bonchev–Trinajstić information content (AvgIpc) is 2.69. The van der Waals surface area contributed by atoms with Crippen LogP contribution in [-0.2, 0) is 15.8 Å². The van der Waals surface area contributed by atoms with E-state index in [0.717, 1.165) is 6.33 Å². The van der Waals surface area contributed by atoms with E-state index in [2.05, 4.69) is 19.8 Å². The van der Waals surface area contributed by atoms with E-state index in [9.17, 15) is 8.42 Å². The number of aromatic nitrogens is 3. The molecule has 0 saturated carbocycles. The van der Waals surface area contributed by atoms with E-state index in [4.69, 9.17) is 27.7 Å². The van der Waals surface area contributed by atoms with Crippen LogP contribution in [0.3, 0.4) is 0 Å². The first-order chi connectivity index (χ1) is 8.87. The van der Waals surface area contributed by atoms with E-state index in [0.29, 0.717) is 5.76 Å². The molecule has 0 aliphatic heterocycles. The summed E-state index contributed by atoms with van der Waals surface area (Å²) in [6.45, 7) is 1.66. The monoisotopic (exact) mass is 322 g/mol. The molecule has 2 aromatic rings. The van der Waals surface area contributed by atoms with Gasteiger partial charge in [-0.05, 0) is 6.92 Å². The third-order valence-corrected chi connectivity index (χ3v) is 3.79. The van der Waals surface area contributed by atoms with E-state index in [1.54, 1.807) is 6.92 Å². The lowest BCUT2D eigenvalue weighted by Gasteiger charge is -2.08. The molecule has 0 radical (unpaired) electrons. The summed E-state index contributed by atoms with van der Waals surface area (Å²) < 4.78 is 30.8. The Balaban J connectivity index is 2.22. The molecule has 2 heterocycles. The molecule has 2 aromatic heterocycles. The fraction of sp³-hybridized carbons (Fsp3) is 0.222. The van der Waals surface area contributed by atoms with Crippen molar-refractivity contribution in [2.45, 2.75) is 12.7 Å². The lowest BCUT2D eigenvalue weighted by atomic mass is 10.4. The van der Waals surface area contributed by atoms with Gasteiger partial charge in [-0.15, -0.1) is 0 Å². The minimum absolute atomic E-state index is 0.0638. The van der Waals surface area contributed by atoms with Gasteiger partial charge in [-0.25, -0.2) is 18.4 Å². The van der Waals surface area contributed by atoms with Crippen molar-refractivity contribution in [3.8, 4) is 0 Å². The van der Waals surface area contributed by atoms with E-state index >= 15 is 0 Å². The molecule has 0 aromatic carbocycles. The van der Waals surface area contributed by atoms with Gasteiger partial charge in [-0.3, -0.25) is 4.72 Å². The highest BCUT2D eigenvalue weighted by atomic mass is 35.5. The van der Waals surface area contributed by atoms with Gasteiger partial charge in [0, 0.05) is 6.07 Å². The molecule has 0 bridgehead atoms. The molecule has 0 saturated heterocycles. The second-order valence-corrected chi connectivity index (χ2v) is 6.06. The first kappa shape index (κ1) is 14.0. The van der Waals surface area contributed by atoms with Gasteiger partial charge in [0.1, 0.15) is 29.2 Å². The number of nitrogens with one attached hydrogen (secondary N) is 1. The zero-order chi connectivity index (χ0) is 14.0. The Morgan fingerprint density at radius 2 is 1.95 bits per heavy atom. The Bertz CT molecular complexity index is 681. The highest BCUT2D eigenvalue weighted by Gasteiger charge is 2.19. The third kappa shape index (κ3) is 3.55. The normalized spacial score (nSPS) is 11.5. The molecule has 0 aliphatic carbocycles. The molecular weight excluding hydrogens is 315 g/mol. The molecule has 0 atom stereocenters. The fourth-order valence-electron chi connectivity index (χ4n) is 1.30. The lowest BCUT2D eigenvalue weighted by molar-refractivity contribution is 0.392. The molecule has 0 unspecified atom stereocenters. The van der Waals surface area contributed by atoms with E-state index in [-0.39, 0.29) is 27.4 Å². The SMILES string of the molecule is Cc1cc(CS(=O)(=O)Nc2c(Cl)ncnc2Cl)no1. The van der Waals surface area contributed by atoms with Crippen LogP contribution in [0.2, 0.25) is 10.3 Å². The quantitative estimate of drug-likeness (QED) is 0.865. The predicted molar refractivity (Wildman–Crippen MR) is 69.5 cm³/mol. The summed E-state index contributed by atoms with van der Waals surface area (Å²) in [4.78, 5) is 7.29. The number of hydrogen-bond donors (Lipinski definition) is 1. The summed E-state index contributed by atoms with van der Waals surface area (Å²) in [5.41, 5.74) is 0.208. The molecule has 0 spiro atoms. The van der Waals surface area contributed by atoms with Gasteiger partial charge in [-0.1, -0.05) is 28.4 Å². The van der Waals surface area contributed by atoms with Crippen LogP contribution in [0.1, 0.15) is 11.5 Å². The van der Waals surface area contributed by atoms with Crippen LogP contribution in [0.15, 0.2) is 16.9 Å². The number of hydrogen-bond acceptors (Lipinski definition) is 6. The smallest absolute Gasteiger partial charge is 0.238 e. The zero-order valence-electron chi connectivity index (χ0n) is 9.59. The highest BCUT2D eigenvalue weighted by Crippen LogP contribution is 2.27. The van der Waals surface area contributed by atoms with Crippen molar-refractivity contribution in [2.24, 2.45) is 0 Å². The maximum Gasteiger partial charge on any atom is 0.238 e. The number of anilines is 1. The summed E-state index contributed by atoms with van der Waals surface area (Å²) in [5.74, 6) is 0.149. The number of halogens is 2. The number of nitrogens with zero attached hydrogens (tertiary/aromatic N) is 3. The van der Waals surface area contributed by atoms with Crippen LogP contribution >= 0.6 is 23.2 Å². The van der Waals surface area contributed by atoms with Gasteiger partial charge in [0.15, 0.2) is 10.3 Å². The first-order valence-electron chi connectivity index (χ1n) is 4.96. The van der Waals surface area contributed by atoms with Crippen molar-refractivity contribution in [3.05, 3.63) is 34.2 Å². The number of sulfonamides is 1. The summed E-state index contributed by atoms with van der Waals surface area (Å²) in [7, 11) is -3.74. The molecule has 0 aliphatic rings. The van der Waals surface area contributed by atoms with E-state index in [1.165, 1.54) is 6.07 Å². The van der Waals surface area contributed by atoms with Crippen molar-refractivity contribution in [1.29, 1.82) is 0 Å². The van der Waals surface area contributed by atoms with Crippen molar-refractivity contribution >= 4 is 38.9 Å². The Morgan fingerprint density at radius 3 is 2.47 bits per heavy atom. The third-order valence-electron chi connectivity index (χ3n) is 2.03. The number of aryl methyl sites for hydroxylation is 1. The van der Waals surface area contributed by atoms with Gasteiger partial charge in [-0.2, -0.15) is 0 Å². The van der Waals surface area contributed by atoms with Gasteiger partial charge < -0.3 is 4.52 Å². The second kappa shape index (κ2) is 5.32. The molecule has 1 N–H and O–H groups in total. The van der Waals surface area contributed by atoms with Gasteiger partial charge in [0.05, 0.1) is 0 Å². The minimum atomic E-state index is -3.74. The molecule has 19 heavy (non-hydrogen) atoms. The standard InChI is InChI=1S/C9H8Cl2N4O3S/c1-5-2-6(14-18-5)3-19(16,17)15-7-8(10)12-4-13-9(7)11/h2,4,15H,3H2,1H3. The van der Waals surface area contributed by atoms with Gasteiger partial charge in [0.2, 0.25) is 10.0 Å². The van der Waals surface area contributed by atoms with Crippen LogP contribution in [0, 0.1) is 6.92 Å². The van der Waals surface area contributed by atoms with Crippen LogP contribution in [0.4, 0.5) is 5.69 Å². The second-order valence-electron chi connectivity index (χ2n) is 3.62. The largest absolute Gasteiger partial charge is 0.361 e. The number of rotatable bonds is 4. The highest BCUT2D eigenvalue weighted by molar-refractivity contribution is 7.91. The fourth-order valence-corrected chi connectivity index (χ4v) is 2.92. The maximum absolute atomic E-state index is 11.9. The summed E-state index contributed by atoms with van der Waals surface area (Å²) in [5, 5.41) is 3.43. The summed E-state index contributed by atoms with van der Waals surface area (Å²) in [6, 6.07) is 1.52. The Morgan fingerprint density at radius 1 is 1.32 bits per heavy atom. The predicted octanol–water partition coefficient (Wildman–Crippen LogP) is 2.02. The minimum Gasteiger partial charge on any atom is -0.361 e. The Hall–Kier alpha value is -1.38. The van der Waals surface area contributed by atoms with E-state index < -0.39 is 10.0 Å². The molecule has 10 heteroatoms. The Labute approximate surface area is 119 Å².